The second-order valence-corrected chi connectivity index (χ2v) is 5.84. The zero-order valence-electron chi connectivity index (χ0n) is 12.8. The van der Waals surface area contributed by atoms with Crippen LogP contribution in [0.3, 0.4) is 0 Å². The standard InChI is InChI=1S/C19H21NO2/c1-14-5-4-6-15(11-14)12-19(21)20-13-16-9-10-22-18-8-3-2-7-17(16)18/h2-8,11,16H,9-10,12-13H2,1H3,(H,20,21). The van der Waals surface area contributed by atoms with Gasteiger partial charge in [-0.15, -0.1) is 0 Å². The third kappa shape index (κ3) is 3.48. The molecule has 3 rings (SSSR count). The van der Waals surface area contributed by atoms with Crippen molar-refractivity contribution in [2.24, 2.45) is 0 Å². The molecule has 0 radical (unpaired) electrons. The van der Waals surface area contributed by atoms with E-state index in [4.69, 9.17) is 4.74 Å². The Morgan fingerprint density at radius 1 is 1.23 bits per heavy atom. The number of ether oxygens (including phenoxy) is 1. The first kappa shape index (κ1) is 14.6. The van der Waals surface area contributed by atoms with Gasteiger partial charge in [0.25, 0.3) is 0 Å². The second kappa shape index (κ2) is 6.65. The molecule has 3 nitrogen and oxygen atoms in total. The van der Waals surface area contributed by atoms with E-state index in [1.807, 2.05) is 43.3 Å². The minimum Gasteiger partial charge on any atom is -0.493 e. The highest BCUT2D eigenvalue weighted by molar-refractivity contribution is 5.78. The highest BCUT2D eigenvalue weighted by Crippen LogP contribution is 2.32. The Morgan fingerprint density at radius 3 is 2.95 bits per heavy atom. The van der Waals surface area contributed by atoms with Crippen LogP contribution in [0, 0.1) is 6.92 Å². The van der Waals surface area contributed by atoms with Crippen molar-refractivity contribution in [1.29, 1.82) is 0 Å². The van der Waals surface area contributed by atoms with Gasteiger partial charge < -0.3 is 10.1 Å². The number of nitrogens with one attached hydrogen (secondary N) is 1. The van der Waals surface area contributed by atoms with Crippen molar-refractivity contribution in [2.45, 2.75) is 25.7 Å². The largest absolute Gasteiger partial charge is 0.493 e. The zero-order chi connectivity index (χ0) is 15.4. The average molecular weight is 295 g/mol. The molecule has 1 atom stereocenters. The van der Waals surface area contributed by atoms with Gasteiger partial charge in [0.15, 0.2) is 0 Å². The van der Waals surface area contributed by atoms with Crippen LogP contribution in [-0.2, 0) is 11.2 Å². The second-order valence-electron chi connectivity index (χ2n) is 5.84. The molecule has 114 valence electrons. The summed E-state index contributed by atoms with van der Waals surface area (Å²) in [5.41, 5.74) is 3.44. The Balaban J connectivity index is 1.58. The van der Waals surface area contributed by atoms with Gasteiger partial charge in [0.1, 0.15) is 5.75 Å². The summed E-state index contributed by atoms with van der Waals surface area (Å²) in [6.07, 6.45) is 1.38. The number of hydrogen-bond donors (Lipinski definition) is 1. The predicted octanol–water partition coefficient (Wildman–Crippen LogP) is 3.22. The van der Waals surface area contributed by atoms with Gasteiger partial charge in [-0.2, -0.15) is 0 Å². The first-order valence-corrected chi connectivity index (χ1v) is 7.76. The average Bonchev–Trinajstić information content (AvgIpc) is 2.53. The maximum Gasteiger partial charge on any atom is 0.224 e. The molecular weight excluding hydrogens is 274 g/mol. The summed E-state index contributed by atoms with van der Waals surface area (Å²) in [6, 6.07) is 16.2. The van der Waals surface area contributed by atoms with E-state index in [0.29, 0.717) is 18.9 Å². The van der Waals surface area contributed by atoms with Crippen LogP contribution in [0.1, 0.15) is 29.0 Å². The van der Waals surface area contributed by atoms with E-state index in [1.54, 1.807) is 0 Å². The molecule has 1 heterocycles. The molecule has 0 bridgehead atoms. The van der Waals surface area contributed by atoms with Crippen LogP contribution >= 0.6 is 0 Å². The number of amides is 1. The summed E-state index contributed by atoms with van der Waals surface area (Å²) in [4.78, 5) is 12.1. The van der Waals surface area contributed by atoms with Gasteiger partial charge in [-0.05, 0) is 30.5 Å². The number of carbonyl (C=O) groups is 1. The molecule has 22 heavy (non-hydrogen) atoms. The van der Waals surface area contributed by atoms with E-state index in [2.05, 4.69) is 17.4 Å². The third-order valence-corrected chi connectivity index (χ3v) is 4.08. The first-order valence-electron chi connectivity index (χ1n) is 7.76. The maximum absolute atomic E-state index is 12.1. The smallest absolute Gasteiger partial charge is 0.224 e. The minimum atomic E-state index is 0.0783. The molecular formula is C19H21NO2. The van der Waals surface area contributed by atoms with Gasteiger partial charge in [0, 0.05) is 12.5 Å². The summed E-state index contributed by atoms with van der Waals surface area (Å²) in [7, 11) is 0. The molecule has 2 aromatic rings. The molecule has 3 heteroatoms. The van der Waals surface area contributed by atoms with Gasteiger partial charge in [-0.1, -0.05) is 48.0 Å². The molecule has 0 spiro atoms. The van der Waals surface area contributed by atoms with Crippen LogP contribution in [-0.4, -0.2) is 19.1 Å². The van der Waals surface area contributed by atoms with E-state index in [1.165, 1.54) is 11.1 Å². The first-order chi connectivity index (χ1) is 10.7. The number of rotatable bonds is 4. The summed E-state index contributed by atoms with van der Waals surface area (Å²) >= 11 is 0. The Hall–Kier alpha value is -2.29. The van der Waals surface area contributed by atoms with Gasteiger partial charge in [-0.3, -0.25) is 4.79 Å². The van der Waals surface area contributed by atoms with Crippen molar-refractivity contribution in [3.05, 3.63) is 65.2 Å². The fourth-order valence-electron chi connectivity index (χ4n) is 2.93. The highest BCUT2D eigenvalue weighted by atomic mass is 16.5. The number of para-hydroxylation sites is 1. The zero-order valence-corrected chi connectivity index (χ0v) is 12.8. The van der Waals surface area contributed by atoms with Gasteiger partial charge in [0.2, 0.25) is 5.91 Å². The lowest BCUT2D eigenvalue weighted by Crippen LogP contribution is -2.31. The van der Waals surface area contributed by atoms with Crippen LogP contribution in [0.15, 0.2) is 48.5 Å². The van der Waals surface area contributed by atoms with Crippen molar-refractivity contribution in [2.75, 3.05) is 13.2 Å². The molecule has 0 saturated carbocycles. The predicted molar refractivity (Wildman–Crippen MR) is 87.2 cm³/mol. The fraction of sp³-hybridized carbons (Fsp3) is 0.316. The summed E-state index contributed by atoms with van der Waals surface area (Å²) < 4.78 is 5.66. The molecule has 0 aromatic heterocycles. The number of benzene rings is 2. The molecule has 0 saturated heterocycles. The third-order valence-electron chi connectivity index (χ3n) is 4.08. The molecule has 1 unspecified atom stereocenters. The normalized spacial score (nSPS) is 16.5. The summed E-state index contributed by atoms with van der Waals surface area (Å²) in [6.45, 7) is 3.43. The minimum absolute atomic E-state index is 0.0783. The van der Waals surface area contributed by atoms with E-state index in [9.17, 15) is 4.79 Å². The van der Waals surface area contributed by atoms with E-state index < -0.39 is 0 Å². The van der Waals surface area contributed by atoms with Crippen molar-refractivity contribution in [3.63, 3.8) is 0 Å². The SMILES string of the molecule is Cc1cccc(CC(=O)NCC2CCOc3ccccc32)c1. The van der Waals surface area contributed by atoms with Crippen molar-refractivity contribution in [1.82, 2.24) is 5.32 Å². The lowest BCUT2D eigenvalue weighted by Gasteiger charge is -2.26. The Morgan fingerprint density at radius 2 is 2.09 bits per heavy atom. The number of fused-ring (bicyclic) bond motifs is 1. The lowest BCUT2D eigenvalue weighted by molar-refractivity contribution is -0.120. The molecule has 1 N–H and O–H groups in total. The van der Waals surface area contributed by atoms with Crippen molar-refractivity contribution >= 4 is 5.91 Å². The monoisotopic (exact) mass is 295 g/mol. The lowest BCUT2D eigenvalue weighted by atomic mass is 9.93. The number of aryl methyl sites for hydroxylation is 1. The van der Waals surface area contributed by atoms with Gasteiger partial charge >= 0.3 is 0 Å². The topological polar surface area (TPSA) is 38.3 Å². The van der Waals surface area contributed by atoms with Gasteiger partial charge in [-0.25, -0.2) is 0 Å². The van der Waals surface area contributed by atoms with Gasteiger partial charge in [0.05, 0.1) is 13.0 Å². The van der Waals surface area contributed by atoms with Crippen LogP contribution < -0.4 is 10.1 Å². The Labute approximate surface area is 131 Å². The number of carbonyl (C=O) groups excluding carboxylic acids is 1. The van der Waals surface area contributed by atoms with Crippen LogP contribution in [0.5, 0.6) is 5.75 Å². The number of hydrogen-bond acceptors (Lipinski definition) is 2. The van der Waals surface area contributed by atoms with E-state index in [0.717, 1.165) is 24.3 Å². The molecule has 1 aliphatic rings. The fourth-order valence-corrected chi connectivity index (χ4v) is 2.93. The summed E-state index contributed by atoms with van der Waals surface area (Å²) in [5, 5.41) is 3.07. The van der Waals surface area contributed by atoms with Crippen LogP contribution in [0.2, 0.25) is 0 Å². The quantitative estimate of drug-likeness (QED) is 0.940. The van der Waals surface area contributed by atoms with E-state index in [-0.39, 0.29) is 5.91 Å². The Bertz CT molecular complexity index is 666. The van der Waals surface area contributed by atoms with Crippen LogP contribution in [0.25, 0.3) is 0 Å². The molecule has 0 aliphatic carbocycles. The van der Waals surface area contributed by atoms with Crippen molar-refractivity contribution < 1.29 is 9.53 Å². The highest BCUT2D eigenvalue weighted by Gasteiger charge is 2.21. The molecule has 0 fully saturated rings. The maximum atomic E-state index is 12.1. The Kier molecular flexibility index (Phi) is 4.42. The molecule has 1 amide bonds. The molecule has 1 aliphatic heterocycles. The van der Waals surface area contributed by atoms with Crippen LogP contribution in [0.4, 0.5) is 0 Å². The summed E-state index contributed by atoms with van der Waals surface area (Å²) in [5.74, 6) is 1.37. The molecule has 2 aromatic carbocycles. The van der Waals surface area contributed by atoms with E-state index >= 15 is 0 Å². The van der Waals surface area contributed by atoms with Crippen molar-refractivity contribution in [3.8, 4) is 5.75 Å².